The summed E-state index contributed by atoms with van der Waals surface area (Å²) >= 11 is 5.80. The highest BCUT2D eigenvalue weighted by Crippen LogP contribution is 2.26. The number of hydrogen-bond acceptors (Lipinski definition) is 4. The summed E-state index contributed by atoms with van der Waals surface area (Å²) in [6.07, 6.45) is 0. The zero-order valence-electron chi connectivity index (χ0n) is 8.74. The van der Waals surface area contributed by atoms with E-state index < -0.39 is 15.0 Å². The number of amides is 1. The van der Waals surface area contributed by atoms with E-state index in [0.29, 0.717) is 0 Å². The normalized spacial score (nSPS) is 11.2. The summed E-state index contributed by atoms with van der Waals surface area (Å²) in [6, 6.07) is 3.76. The molecule has 1 aromatic rings. The molecule has 17 heavy (non-hydrogen) atoms. The molecule has 0 aliphatic heterocycles. The quantitative estimate of drug-likeness (QED) is 0.861. The molecule has 94 valence electrons. The van der Waals surface area contributed by atoms with Gasteiger partial charge in [-0.2, -0.15) is 0 Å². The fourth-order valence-corrected chi connectivity index (χ4v) is 2.14. The molecular formula is C9H9Cl2NO4S. The molecule has 0 saturated heterocycles. The molecule has 8 heteroatoms. The number of rotatable bonds is 4. The summed E-state index contributed by atoms with van der Waals surface area (Å²) in [7, 11) is 2.69. The minimum absolute atomic E-state index is 0.0798. The predicted molar refractivity (Wildman–Crippen MR) is 65.0 cm³/mol. The van der Waals surface area contributed by atoms with E-state index in [-0.39, 0.29) is 22.2 Å². The van der Waals surface area contributed by atoms with Crippen LogP contribution in [-0.4, -0.2) is 28.0 Å². The maximum absolute atomic E-state index is 11.2. The number of halogens is 2. The van der Waals surface area contributed by atoms with Gasteiger partial charge in [0.1, 0.15) is 6.61 Å². The number of carbonyl (C=O) groups excluding carboxylic acids is 1. The largest absolute Gasteiger partial charge is 0.375 e. The Morgan fingerprint density at radius 3 is 2.59 bits per heavy atom. The van der Waals surface area contributed by atoms with Gasteiger partial charge in [-0.05, 0) is 18.2 Å². The smallest absolute Gasteiger partial charge is 0.261 e. The molecule has 0 aliphatic carbocycles. The van der Waals surface area contributed by atoms with Crippen LogP contribution in [0, 0.1) is 0 Å². The standard InChI is InChI=1S/C9H9Cl2NO4S/c1-16-5-9(13)12-8-3-2-6(4-7(8)10)17(11,14)15/h2-4H,5H2,1H3,(H,12,13). The lowest BCUT2D eigenvalue weighted by atomic mass is 10.3. The van der Waals surface area contributed by atoms with Crippen LogP contribution < -0.4 is 5.32 Å². The molecular weight excluding hydrogens is 289 g/mol. The van der Waals surface area contributed by atoms with Crippen LogP contribution in [-0.2, 0) is 18.6 Å². The summed E-state index contributed by atoms with van der Waals surface area (Å²) in [5, 5.41) is 2.54. The van der Waals surface area contributed by atoms with Crippen LogP contribution in [0.15, 0.2) is 23.1 Å². The highest BCUT2D eigenvalue weighted by atomic mass is 35.7. The molecule has 1 aromatic carbocycles. The van der Waals surface area contributed by atoms with Crippen LogP contribution in [0.3, 0.4) is 0 Å². The summed E-state index contributed by atoms with van der Waals surface area (Å²) in [5.74, 6) is -0.393. The second kappa shape index (κ2) is 5.68. The van der Waals surface area contributed by atoms with Crippen LogP contribution in [0.5, 0.6) is 0 Å². The van der Waals surface area contributed by atoms with E-state index in [4.69, 9.17) is 22.3 Å². The molecule has 0 radical (unpaired) electrons. The summed E-state index contributed by atoms with van der Waals surface area (Å²) < 4.78 is 26.7. The third-order valence-corrected chi connectivity index (χ3v) is 3.44. The van der Waals surface area contributed by atoms with Crippen molar-refractivity contribution in [1.29, 1.82) is 0 Å². The van der Waals surface area contributed by atoms with Gasteiger partial charge in [-0.1, -0.05) is 11.6 Å². The third kappa shape index (κ3) is 4.16. The molecule has 0 aliphatic rings. The minimum Gasteiger partial charge on any atom is -0.375 e. The second-order valence-corrected chi connectivity index (χ2v) is 6.03. The lowest BCUT2D eigenvalue weighted by molar-refractivity contribution is -0.119. The molecule has 1 N–H and O–H groups in total. The first kappa shape index (κ1) is 14.2. The van der Waals surface area contributed by atoms with Gasteiger partial charge in [-0.15, -0.1) is 0 Å². The Balaban J connectivity index is 2.95. The van der Waals surface area contributed by atoms with Gasteiger partial charge >= 0.3 is 0 Å². The number of benzene rings is 1. The monoisotopic (exact) mass is 297 g/mol. The fraction of sp³-hybridized carbons (Fsp3) is 0.222. The molecule has 0 unspecified atom stereocenters. The first-order valence-electron chi connectivity index (χ1n) is 4.37. The van der Waals surface area contributed by atoms with Gasteiger partial charge in [-0.3, -0.25) is 4.79 Å². The van der Waals surface area contributed by atoms with Crippen molar-refractivity contribution in [3.05, 3.63) is 23.2 Å². The van der Waals surface area contributed by atoms with Crippen molar-refractivity contribution in [2.24, 2.45) is 0 Å². The number of hydrogen-bond donors (Lipinski definition) is 1. The Labute approximate surface area is 108 Å². The SMILES string of the molecule is COCC(=O)Nc1ccc(S(=O)(=O)Cl)cc1Cl. The van der Waals surface area contributed by atoms with Crippen LogP contribution in [0.25, 0.3) is 0 Å². The lowest BCUT2D eigenvalue weighted by Gasteiger charge is -2.07. The number of methoxy groups -OCH3 is 1. The highest BCUT2D eigenvalue weighted by molar-refractivity contribution is 8.13. The average Bonchev–Trinajstić information content (AvgIpc) is 2.20. The van der Waals surface area contributed by atoms with Crippen molar-refractivity contribution in [3.8, 4) is 0 Å². The maximum Gasteiger partial charge on any atom is 0.261 e. The van der Waals surface area contributed by atoms with Gasteiger partial charge in [0.15, 0.2) is 0 Å². The molecule has 0 atom stereocenters. The Morgan fingerprint density at radius 2 is 2.12 bits per heavy atom. The summed E-state index contributed by atoms with van der Waals surface area (Å²) in [5.41, 5.74) is 0.290. The number of nitrogens with one attached hydrogen (secondary N) is 1. The molecule has 0 aromatic heterocycles. The second-order valence-electron chi connectivity index (χ2n) is 3.06. The van der Waals surface area contributed by atoms with E-state index in [1.807, 2.05) is 0 Å². The number of ether oxygens (including phenoxy) is 1. The molecule has 0 spiro atoms. The Hall–Kier alpha value is -0.820. The van der Waals surface area contributed by atoms with Gasteiger partial charge < -0.3 is 10.1 Å². The van der Waals surface area contributed by atoms with Gasteiger partial charge in [0.05, 0.1) is 15.6 Å². The van der Waals surface area contributed by atoms with Gasteiger partial charge in [-0.25, -0.2) is 8.42 Å². The predicted octanol–water partition coefficient (Wildman–Crippen LogP) is 1.85. The van der Waals surface area contributed by atoms with Crippen LogP contribution in [0.1, 0.15) is 0 Å². The Morgan fingerprint density at radius 1 is 1.47 bits per heavy atom. The Bertz CT molecular complexity index is 530. The average molecular weight is 298 g/mol. The maximum atomic E-state index is 11.2. The van der Waals surface area contributed by atoms with Crippen molar-refractivity contribution in [3.63, 3.8) is 0 Å². The molecule has 0 saturated carbocycles. The summed E-state index contributed by atoms with van der Waals surface area (Å²) in [6.45, 7) is -0.119. The summed E-state index contributed by atoms with van der Waals surface area (Å²) in [4.78, 5) is 11.1. The van der Waals surface area contributed by atoms with E-state index in [9.17, 15) is 13.2 Å². The first-order chi connectivity index (χ1) is 7.84. The molecule has 0 heterocycles. The van der Waals surface area contributed by atoms with Crippen LogP contribution >= 0.6 is 22.3 Å². The van der Waals surface area contributed by atoms with E-state index in [0.717, 1.165) is 6.07 Å². The number of carbonyl (C=O) groups is 1. The minimum atomic E-state index is -3.83. The zero-order chi connectivity index (χ0) is 13.1. The van der Waals surface area contributed by atoms with Crippen molar-refractivity contribution >= 4 is 42.9 Å². The van der Waals surface area contributed by atoms with Crippen molar-refractivity contribution < 1.29 is 17.9 Å². The van der Waals surface area contributed by atoms with E-state index >= 15 is 0 Å². The van der Waals surface area contributed by atoms with Gasteiger partial charge in [0, 0.05) is 17.8 Å². The zero-order valence-corrected chi connectivity index (χ0v) is 11.1. The van der Waals surface area contributed by atoms with Crippen LogP contribution in [0.2, 0.25) is 5.02 Å². The van der Waals surface area contributed by atoms with Crippen molar-refractivity contribution in [2.75, 3.05) is 19.0 Å². The van der Waals surface area contributed by atoms with Crippen molar-refractivity contribution in [1.82, 2.24) is 0 Å². The first-order valence-corrected chi connectivity index (χ1v) is 7.06. The highest BCUT2D eigenvalue weighted by Gasteiger charge is 2.13. The molecule has 0 bridgehead atoms. The lowest BCUT2D eigenvalue weighted by Crippen LogP contribution is -2.17. The van der Waals surface area contributed by atoms with Crippen LogP contribution in [0.4, 0.5) is 5.69 Å². The van der Waals surface area contributed by atoms with E-state index in [2.05, 4.69) is 10.1 Å². The topological polar surface area (TPSA) is 72.5 Å². The van der Waals surface area contributed by atoms with E-state index in [1.54, 1.807) is 0 Å². The fourth-order valence-electron chi connectivity index (χ4n) is 1.07. The Kier molecular flexibility index (Phi) is 4.76. The van der Waals surface area contributed by atoms with Gasteiger partial charge in [0.25, 0.3) is 9.05 Å². The molecule has 5 nitrogen and oxygen atoms in total. The van der Waals surface area contributed by atoms with E-state index in [1.165, 1.54) is 19.2 Å². The molecule has 0 fully saturated rings. The molecule has 1 amide bonds. The number of anilines is 1. The van der Waals surface area contributed by atoms with Gasteiger partial charge in [0.2, 0.25) is 5.91 Å². The molecule has 1 rings (SSSR count). The van der Waals surface area contributed by atoms with Crippen molar-refractivity contribution in [2.45, 2.75) is 4.90 Å². The third-order valence-electron chi connectivity index (χ3n) is 1.77.